The number of nitrogens with two attached hydrogens (primary N) is 1. The lowest BCUT2D eigenvalue weighted by Gasteiger charge is -2.31. The maximum Gasteiger partial charge on any atom is 0.224 e. The minimum absolute atomic E-state index is 0.0617. The number of halogens is 1. The summed E-state index contributed by atoms with van der Waals surface area (Å²) in [7, 11) is 0. The van der Waals surface area contributed by atoms with Crippen LogP contribution in [-0.2, 0) is 11.2 Å². The standard InChI is InChI=1S/C15H20FN3OS/c16-12-3-1-2-11(8-12)9-15(20)18-13-4-6-19(7-5-13)10-14(17)21/h1-3,8,13H,4-7,9-10H2,(H2,17,21)(H,18,20). The molecule has 3 N–H and O–H groups in total. The molecule has 0 bridgehead atoms. The van der Waals surface area contributed by atoms with E-state index in [0.29, 0.717) is 17.1 Å². The van der Waals surface area contributed by atoms with E-state index in [9.17, 15) is 9.18 Å². The molecule has 1 amide bonds. The fourth-order valence-electron chi connectivity index (χ4n) is 2.57. The number of carbonyl (C=O) groups excluding carboxylic acids is 1. The minimum Gasteiger partial charge on any atom is -0.392 e. The van der Waals surface area contributed by atoms with Gasteiger partial charge < -0.3 is 11.1 Å². The van der Waals surface area contributed by atoms with Crippen molar-refractivity contribution >= 4 is 23.1 Å². The number of hydrogen-bond donors (Lipinski definition) is 2. The second kappa shape index (κ2) is 7.47. The fourth-order valence-corrected chi connectivity index (χ4v) is 2.75. The van der Waals surface area contributed by atoms with Gasteiger partial charge in [0.2, 0.25) is 5.91 Å². The normalized spacial score (nSPS) is 16.6. The van der Waals surface area contributed by atoms with Crippen molar-refractivity contribution in [3.8, 4) is 0 Å². The molecule has 1 aliphatic heterocycles. The number of carbonyl (C=O) groups is 1. The van der Waals surface area contributed by atoms with E-state index in [4.69, 9.17) is 18.0 Å². The predicted molar refractivity (Wildman–Crippen MR) is 84.5 cm³/mol. The van der Waals surface area contributed by atoms with Crippen LogP contribution in [0.5, 0.6) is 0 Å². The first-order valence-electron chi connectivity index (χ1n) is 7.07. The summed E-state index contributed by atoms with van der Waals surface area (Å²) in [6.45, 7) is 2.39. The zero-order valence-corrected chi connectivity index (χ0v) is 12.7. The van der Waals surface area contributed by atoms with Crippen LogP contribution in [0.25, 0.3) is 0 Å². The molecular formula is C15H20FN3OS. The fraction of sp³-hybridized carbons (Fsp3) is 0.467. The number of nitrogens with zero attached hydrogens (tertiary/aromatic N) is 1. The number of hydrogen-bond acceptors (Lipinski definition) is 3. The Morgan fingerprint density at radius 1 is 1.43 bits per heavy atom. The Bertz CT molecular complexity index is 515. The van der Waals surface area contributed by atoms with Crippen molar-refractivity contribution in [3.05, 3.63) is 35.6 Å². The van der Waals surface area contributed by atoms with E-state index in [1.165, 1.54) is 12.1 Å². The molecule has 0 saturated carbocycles. The van der Waals surface area contributed by atoms with Gasteiger partial charge in [0.15, 0.2) is 0 Å². The van der Waals surface area contributed by atoms with E-state index in [-0.39, 0.29) is 24.2 Å². The topological polar surface area (TPSA) is 58.4 Å². The summed E-state index contributed by atoms with van der Waals surface area (Å²) >= 11 is 4.89. The molecule has 1 aromatic rings. The molecule has 21 heavy (non-hydrogen) atoms. The highest BCUT2D eigenvalue weighted by Gasteiger charge is 2.20. The molecule has 114 valence electrons. The highest BCUT2D eigenvalue weighted by atomic mass is 32.1. The summed E-state index contributed by atoms with van der Waals surface area (Å²) in [6.07, 6.45) is 1.99. The number of benzene rings is 1. The van der Waals surface area contributed by atoms with Crippen LogP contribution >= 0.6 is 12.2 Å². The highest BCUT2D eigenvalue weighted by molar-refractivity contribution is 7.80. The van der Waals surface area contributed by atoms with Gasteiger partial charge in [0.1, 0.15) is 5.82 Å². The molecule has 6 heteroatoms. The van der Waals surface area contributed by atoms with Crippen molar-refractivity contribution in [1.29, 1.82) is 0 Å². The van der Waals surface area contributed by atoms with Gasteiger partial charge in [-0.1, -0.05) is 24.4 Å². The van der Waals surface area contributed by atoms with Gasteiger partial charge in [0, 0.05) is 25.7 Å². The van der Waals surface area contributed by atoms with Gasteiger partial charge in [-0.05, 0) is 30.5 Å². The molecule has 1 aromatic carbocycles. The van der Waals surface area contributed by atoms with Gasteiger partial charge >= 0.3 is 0 Å². The average molecular weight is 309 g/mol. The summed E-state index contributed by atoms with van der Waals surface area (Å²) in [6, 6.07) is 6.32. The zero-order chi connectivity index (χ0) is 15.2. The third-order valence-corrected chi connectivity index (χ3v) is 3.71. The monoisotopic (exact) mass is 309 g/mol. The molecule has 0 aliphatic carbocycles. The van der Waals surface area contributed by atoms with Crippen LogP contribution in [0.3, 0.4) is 0 Å². The van der Waals surface area contributed by atoms with Gasteiger partial charge in [0.05, 0.1) is 11.4 Å². The summed E-state index contributed by atoms with van der Waals surface area (Å²) in [4.78, 5) is 14.7. The summed E-state index contributed by atoms with van der Waals surface area (Å²) in [5.41, 5.74) is 6.22. The van der Waals surface area contributed by atoms with Crippen molar-refractivity contribution in [2.24, 2.45) is 5.73 Å². The van der Waals surface area contributed by atoms with Gasteiger partial charge in [-0.3, -0.25) is 9.69 Å². The molecule has 0 aromatic heterocycles. The summed E-state index contributed by atoms with van der Waals surface area (Å²) in [5, 5.41) is 3.01. The average Bonchev–Trinajstić information content (AvgIpc) is 2.40. The molecule has 4 nitrogen and oxygen atoms in total. The third-order valence-electron chi connectivity index (χ3n) is 3.59. The quantitative estimate of drug-likeness (QED) is 0.804. The number of rotatable bonds is 5. The zero-order valence-electron chi connectivity index (χ0n) is 11.8. The van der Waals surface area contributed by atoms with Gasteiger partial charge in [-0.15, -0.1) is 0 Å². The van der Waals surface area contributed by atoms with Crippen molar-refractivity contribution in [2.45, 2.75) is 25.3 Å². The van der Waals surface area contributed by atoms with E-state index >= 15 is 0 Å². The Morgan fingerprint density at radius 2 is 2.14 bits per heavy atom. The molecule has 1 saturated heterocycles. The number of likely N-dealkylation sites (tertiary alicyclic amines) is 1. The third kappa shape index (κ3) is 5.40. The maximum atomic E-state index is 13.1. The Morgan fingerprint density at radius 3 is 2.76 bits per heavy atom. The largest absolute Gasteiger partial charge is 0.392 e. The molecule has 0 unspecified atom stereocenters. The number of thiocarbonyl (C=S) groups is 1. The van der Waals surface area contributed by atoms with E-state index < -0.39 is 0 Å². The molecule has 2 rings (SSSR count). The van der Waals surface area contributed by atoms with E-state index in [2.05, 4.69) is 10.2 Å². The molecule has 0 spiro atoms. The Kier molecular flexibility index (Phi) is 5.64. The van der Waals surface area contributed by atoms with Crippen LogP contribution in [-0.4, -0.2) is 41.5 Å². The first-order valence-corrected chi connectivity index (χ1v) is 7.48. The summed E-state index contributed by atoms with van der Waals surface area (Å²) in [5.74, 6) is -0.375. The number of amides is 1. The van der Waals surface area contributed by atoms with Crippen LogP contribution in [0.15, 0.2) is 24.3 Å². The lowest BCUT2D eigenvalue weighted by atomic mass is 10.0. The molecule has 1 heterocycles. The van der Waals surface area contributed by atoms with Crippen LogP contribution in [0, 0.1) is 5.82 Å². The number of nitrogens with one attached hydrogen (secondary N) is 1. The predicted octanol–water partition coefficient (Wildman–Crippen LogP) is 1.23. The second-order valence-electron chi connectivity index (χ2n) is 5.39. The van der Waals surface area contributed by atoms with Crippen LogP contribution < -0.4 is 11.1 Å². The van der Waals surface area contributed by atoms with Gasteiger partial charge in [0.25, 0.3) is 0 Å². The maximum absolute atomic E-state index is 13.1. The highest BCUT2D eigenvalue weighted by Crippen LogP contribution is 2.11. The van der Waals surface area contributed by atoms with Crippen molar-refractivity contribution in [1.82, 2.24) is 10.2 Å². The van der Waals surface area contributed by atoms with Gasteiger partial charge in [-0.2, -0.15) is 0 Å². The minimum atomic E-state index is -0.314. The Labute approximate surface area is 129 Å². The Hall–Kier alpha value is -1.53. The van der Waals surface area contributed by atoms with Crippen molar-refractivity contribution in [3.63, 3.8) is 0 Å². The van der Waals surface area contributed by atoms with E-state index in [1.54, 1.807) is 12.1 Å². The summed E-state index contributed by atoms with van der Waals surface area (Å²) < 4.78 is 13.1. The van der Waals surface area contributed by atoms with Crippen LogP contribution in [0.4, 0.5) is 4.39 Å². The van der Waals surface area contributed by atoms with Crippen LogP contribution in [0.2, 0.25) is 0 Å². The van der Waals surface area contributed by atoms with Gasteiger partial charge in [-0.25, -0.2) is 4.39 Å². The Balaban J connectivity index is 1.75. The van der Waals surface area contributed by atoms with Crippen LogP contribution in [0.1, 0.15) is 18.4 Å². The SMILES string of the molecule is NC(=S)CN1CCC(NC(=O)Cc2cccc(F)c2)CC1. The van der Waals surface area contributed by atoms with Crippen molar-refractivity contribution in [2.75, 3.05) is 19.6 Å². The molecule has 1 aliphatic rings. The van der Waals surface area contributed by atoms with E-state index in [0.717, 1.165) is 25.9 Å². The lowest BCUT2D eigenvalue weighted by molar-refractivity contribution is -0.121. The molecule has 0 radical (unpaired) electrons. The molecule has 1 fully saturated rings. The second-order valence-corrected chi connectivity index (χ2v) is 5.92. The molecule has 0 atom stereocenters. The smallest absolute Gasteiger partial charge is 0.224 e. The number of piperidine rings is 1. The lowest BCUT2D eigenvalue weighted by Crippen LogP contribution is -2.46. The first kappa shape index (κ1) is 15.9. The van der Waals surface area contributed by atoms with Crippen molar-refractivity contribution < 1.29 is 9.18 Å². The first-order chi connectivity index (χ1) is 10.0. The van der Waals surface area contributed by atoms with E-state index in [1.807, 2.05) is 0 Å². The molecular weight excluding hydrogens is 289 g/mol.